The second kappa shape index (κ2) is 9.56. The lowest BCUT2D eigenvalue weighted by Gasteiger charge is -2.09. The largest absolute Gasteiger partial charge is 0.508 e. The molecular formula is C12H20O6. The molecule has 0 aromatic heterocycles. The van der Waals surface area contributed by atoms with Gasteiger partial charge in [-0.2, -0.15) is 0 Å². The molecule has 0 atom stereocenters. The monoisotopic (exact) mass is 260 g/mol. The van der Waals surface area contributed by atoms with E-state index >= 15 is 0 Å². The minimum Gasteiger partial charge on any atom is -0.434 e. The molecule has 0 radical (unpaired) electrons. The van der Waals surface area contributed by atoms with E-state index < -0.39 is 12.3 Å². The highest BCUT2D eigenvalue weighted by Gasteiger charge is 2.07. The highest BCUT2D eigenvalue weighted by Crippen LogP contribution is 2.06. The van der Waals surface area contributed by atoms with E-state index in [0.717, 1.165) is 38.5 Å². The van der Waals surface area contributed by atoms with E-state index in [1.54, 1.807) is 0 Å². The van der Waals surface area contributed by atoms with E-state index in [-0.39, 0.29) is 13.2 Å². The van der Waals surface area contributed by atoms with Crippen molar-refractivity contribution in [1.29, 1.82) is 0 Å². The Morgan fingerprint density at radius 3 is 1.28 bits per heavy atom. The van der Waals surface area contributed by atoms with Crippen LogP contribution in [0.15, 0.2) is 0 Å². The molecule has 0 amide bonds. The van der Waals surface area contributed by atoms with Gasteiger partial charge in [0.1, 0.15) is 13.2 Å². The molecule has 1 rings (SSSR count). The van der Waals surface area contributed by atoms with E-state index in [1.807, 2.05) is 0 Å². The van der Waals surface area contributed by atoms with Gasteiger partial charge in [-0.3, -0.25) is 0 Å². The normalized spacial score (nSPS) is 21.1. The van der Waals surface area contributed by atoms with E-state index in [0.29, 0.717) is 13.2 Å². The minimum atomic E-state index is -0.723. The van der Waals surface area contributed by atoms with Gasteiger partial charge >= 0.3 is 12.3 Å². The lowest BCUT2D eigenvalue weighted by molar-refractivity contribution is 0.0170. The summed E-state index contributed by atoms with van der Waals surface area (Å²) in [6.07, 6.45) is 4.47. The molecule has 1 aliphatic heterocycles. The predicted octanol–water partition coefficient (Wildman–Crippen LogP) is 2.65. The van der Waals surface area contributed by atoms with Crippen molar-refractivity contribution in [2.75, 3.05) is 26.4 Å². The van der Waals surface area contributed by atoms with Gasteiger partial charge < -0.3 is 18.9 Å². The van der Waals surface area contributed by atoms with Crippen molar-refractivity contribution in [3.63, 3.8) is 0 Å². The standard InChI is InChI=1S/C12H20O6/c13-11-15-7-5-3-1-2-4-6-8-16-12(14)18-10-9-17-11/h1-10H2. The van der Waals surface area contributed by atoms with Crippen LogP contribution in [0.4, 0.5) is 9.59 Å². The van der Waals surface area contributed by atoms with Crippen LogP contribution in [-0.2, 0) is 18.9 Å². The summed E-state index contributed by atoms with van der Waals surface area (Å²) in [7, 11) is 0. The zero-order chi connectivity index (χ0) is 13.1. The summed E-state index contributed by atoms with van der Waals surface area (Å²) in [6, 6.07) is 0. The lowest BCUT2D eigenvalue weighted by atomic mass is 10.1. The Balaban J connectivity index is 2.22. The van der Waals surface area contributed by atoms with Crippen molar-refractivity contribution >= 4 is 12.3 Å². The van der Waals surface area contributed by atoms with Crippen LogP contribution in [0.2, 0.25) is 0 Å². The lowest BCUT2D eigenvalue weighted by Crippen LogP contribution is -2.16. The van der Waals surface area contributed by atoms with Gasteiger partial charge in [-0.05, 0) is 12.8 Å². The maximum atomic E-state index is 11.0. The van der Waals surface area contributed by atoms with Crippen LogP contribution in [0.25, 0.3) is 0 Å². The quantitative estimate of drug-likeness (QED) is 0.623. The van der Waals surface area contributed by atoms with Crippen molar-refractivity contribution in [3.05, 3.63) is 0 Å². The van der Waals surface area contributed by atoms with E-state index in [2.05, 4.69) is 0 Å². The average Bonchev–Trinajstić information content (AvgIpc) is 2.35. The summed E-state index contributed by atoms with van der Waals surface area (Å²) >= 11 is 0. The van der Waals surface area contributed by atoms with Gasteiger partial charge in [0, 0.05) is 0 Å². The molecular weight excluding hydrogens is 240 g/mol. The van der Waals surface area contributed by atoms with Gasteiger partial charge in [0.15, 0.2) is 0 Å². The molecule has 0 aromatic carbocycles. The Morgan fingerprint density at radius 2 is 0.833 bits per heavy atom. The molecule has 0 aliphatic carbocycles. The summed E-state index contributed by atoms with van der Waals surface area (Å²) in [5, 5.41) is 0. The highest BCUT2D eigenvalue weighted by atomic mass is 16.7. The van der Waals surface area contributed by atoms with E-state index in [1.165, 1.54) is 0 Å². The summed E-state index contributed by atoms with van der Waals surface area (Å²) in [5.74, 6) is 0. The third kappa shape index (κ3) is 7.76. The third-order valence-electron chi connectivity index (χ3n) is 2.50. The maximum absolute atomic E-state index is 11.0. The average molecular weight is 260 g/mol. The predicted molar refractivity (Wildman–Crippen MR) is 62.3 cm³/mol. The van der Waals surface area contributed by atoms with Crippen molar-refractivity contribution in [1.82, 2.24) is 0 Å². The van der Waals surface area contributed by atoms with Crippen molar-refractivity contribution in [3.8, 4) is 0 Å². The molecule has 6 heteroatoms. The first-order chi connectivity index (χ1) is 8.79. The van der Waals surface area contributed by atoms with Crippen LogP contribution in [0.5, 0.6) is 0 Å². The van der Waals surface area contributed by atoms with Gasteiger partial charge in [-0.25, -0.2) is 9.59 Å². The summed E-state index contributed by atoms with van der Waals surface area (Å²) < 4.78 is 19.1. The van der Waals surface area contributed by atoms with Crippen molar-refractivity contribution in [2.24, 2.45) is 0 Å². The van der Waals surface area contributed by atoms with Gasteiger partial charge in [0.25, 0.3) is 0 Å². The molecule has 6 nitrogen and oxygen atoms in total. The molecule has 1 saturated heterocycles. The summed E-state index contributed by atoms with van der Waals surface area (Å²) in [4.78, 5) is 22.1. The number of hydrogen-bond acceptors (Lipinski definition) is 6. The van der Waals surface area contributed by atoms with Gasteiger partial charge in [0.05, 0.1) is 13.2 Å². The third-order valence-corrected chi connectivity index (χ3v) is 2.50. The zero-order valence-corrected chi connectivity index (χ0v) is 10.5. The minimum absolute atomic E-state index is 0.0199. The molecule has 0 saturated carbocycles. The molecule has 1 heterocycles. The summed E-state index contributed by atoms with van der Waals surface area (Å²) in [6.45, 7) is 0.714. The number of hydrogen-bond donors (Lipinski definition) is 0. The molecule has 18 heavy (non-hydrogen) atoms. The SMILES string of the molecule is O=C1OCCCCCCCCOC(=O)OCCO1. The fourth-order valence-electron chi connectivity index (χ4n) is 1.56. The highest BCUT2D eigenvalue weighted by molar-refractivity contribution is 5.60. The Labute approximate surface area is 107 Å². The number of rotatable bonds is 0. The summed E-state index contributed by atoms with van der Waals surface area (Å²) in [5.41, 5.74) is 0. The zero-order valence-electron chi connectivity index (χ0n) is 10.5. The van der Waals surface area contributed by atoms with E-state index in [4.69, 9.17) is 18.9 Å². The van der Waals surface area contributed by atoms with Crippen LogP contribution in [-0.4, -0.2) is 38.7 Å². The smallest absolute Gasteiger partial charge is 0.434 e. The second-order valence-electron chi connectivity index (χ2n) is 4.02. The van der Waals surface area contributed by atoms with Gasteiger partial charge in [-0.1, -0.05) is 25.7 Å². The molecule has 0 aromatic rings. The molecule has 1 fully saturated rings. The van der Waals surface area contributed by atoms with Crippen molar-refractivity contribution < 1.29 is 28.5 Å². The first-order valence-electron chi connectivity index (χ1n) is 6.38. The number of carbonyl (C=O) groups is 2. The van der Waals surface area contributed by atoms with Crippen LogP contribution in [0.3, 0.4) is 0 Å². The first kappa shape index (κ1) is 14.6. The molecule has 104 valence electrons. The van der Waals surface area contributed by atoms with Crippen LogP contribution in [0, 0.1) is 0 Å². The van der Waals surface area contributed by atoms with Crippen molar-refractivity contribution in [2.45, 2.75) is 38.5 Å². The maximum Gasteiger partial charge on any atom is 0.508 e. The fourth-order valence-corrected chi connectivity index (χ4v) is 1.56. The fraction of sp³-hybridized carbons (Fsp3) is 0.833. The molecule has 0 N–H and O–H groups in total. The molecule has 0 bridgehead atoms. The molecule has 0 unspecified atom stereocenters. The number of ether oxygens (including phenoxy) is 4. The topological polar surface area (TPSA) is 71.1 Å². The Bertz CT molecular complexity index is 227. The Morgan fingerprint density at radius 1 is 0.500 bits per heavy atom. The van der Waals surface area contributed by atoms with Gasteiger partial charge in [0.2, 0.25) is 0 Å². The molecule has 0 spiro atoms. The molecule has 1 aliphatic rings. The number of carbonyl (C=O) groups excluding carboxylic acids is 2. The Kier molecular flexibility index (Phi) is 7.75. The number of cyclic esters (lactones) is 4. The second-order valence-corrected chi connectivity index (χ2v) is 4.02. The Hall–Kier alpha value is -1.46. The van der Waals surface area contributed by atoms with Crippen LogP contribution < -0.4 is 0 Å². The van der Waals surface area contributed by atoms with E-state index in [9.17, 15) is 9.59 Å². The van der Waals surface area contributed by atoms with Crippen LogP contribution >= 0.6 is 0 Å². The first-order valence-corrected chi connectivity index (χ1v) is 6.38. The van der Waals surface area contributed by atoms with Gasteiger partial charge in [-0.15, -0.1) is 0 Å². The van der Waals surface area contributed by atoms with Crippen LogP contribution in [0.1, 0.15) is 38.5 Å².